The molecule has 1 aliphatic rings. The molecule has 1 fully saturated rings. The molecule has 4 rings (SSSR count). The molecule has 3 aromatic rings. The van der Waals surface area contributed by atoms with Crippen molar-refractivity contribution in [2.24, 2.45) is 0 Å². The van der Waals surface area contributed by atoms with Gasteiger partial charge in [-0.15, -0.1) is 0 Å². The van der Waals surface area contributed by atoms with Gasteiger partial charge in [0.05, 0.1) is 0 Å². The van der Waals surface area contributed by atoms with Gasteiger partial charge in [-0.05, 0) is 104 Å². The highest BCUT2D eigenvalue weighted by Gasteiger charge is 2.37. The van der Waals surface area contributed by atoms with Gasteiger partial charge in [-0.3, -0.25) is 14.4 Å². The molecule has 12 heteroatoms. The monoisotopic (exact) mass is 910 g/mol. The van der Waals surface area contributed by atoms with Crippen LogP contribution >= 0.6 is 0 Å². The van der Waals surface area contributed by atoms with E-state index in [-0.39, 0.29) is 17.2 Å². The molecular weight excluding hydrogens is 835 g/mol. The van der Waals surface area contributed by atoms with Gasteiger partial charge in [-0.1, -0.05) is 125 Å². The molecule has 360 valence electrons. The van der Waals surface area contributed by atoms with Crippen LogP contribution in [-0.4, -0.2) is 83.1 Å². The molecule has 12 nitrogen and oxygen atoms in total. The predicted molar refractivity (Wildman–Crippen MR) is 263 cm³/mol. The summed E-state index contributed by atoms with van der Waals surface area (Å²) < 4.78 is 0. The van der Waals surface area contributed by atoms with Gasteiger partial charge < -0.3 is 45.3 Å². The third-order valence-corrected chi connectivity index (χ3v) is 11.7. The second kappa shape index (κ2) is 18.1. The fourth-order valence-corrected chi connectivity index (χ4v) is 7.93. The number of carbonyl (C=O) groups excluding carboxylic acids is 3. The number of aromatic hydroxyl groups is 3. The number of carbonyl (C=O) groups is 3. The van der Waals surface area contributed by atoms with Crippen molar-refractivity contribution in [1.29, 1.82) is 0 Å². The number of phenols is 3. The molecule has 0 aliphatic carbocycles. The second-order valence-corrected chi connectivity index (χ2v) is 23.9. The van der Waals surface area contributed by atoms with Gasteiger partial charge in [0.25, 0.3) is 17.7 Å². The normalized spacial score (nSPS) is 15.4. The Morgan fingerprint density at radius 2 is 0.515 bits per heavy atom. The van der Waals surface area contributed by atoms with Crippen LogP contribution in [0.15, 0.2) is 53.7 Å². The van der Waals surface area contributed by atoms with E-state index in [1.54, 1.807) is 36.4 Å². The van der Waals surface area contributed by atoms with Crippen LogP contribution < -0.4 is 0 Å². The fourth-order valence-electron chi connectivity index (χ4n) is 7.93. The van der Waals surface area contributed by atoms with Crippen molar-refractivity contribution in [2.75, 3.05) is 20.0 Å². The molecule has 6 N–H and O–H groups in total. The number of aliphatic hydroxyl groups is 3. The molecule has 0 aromatic heterocycles. The molecule has 1 aliphatic heterocycles. The fraction of sp³-hybridized carbons (Fsp3) is 0.500. The van der Waals surface area contributed by atoms with Crippen LogP contribution in [0.3, 0.4) is 0 Å². The molecule has 1 saturated heterocycles. The van der Waals surface area contributed by atoms with Crippen LogP contribution in [0.25, 0.3) is 18.2 Å². The summed E-state index contributed by atoms with van der Waals surface area (Å²) in [6.07, 6.45) is 3.80. The average Bonchev–Trinajstić information content (AvgIpc) is 3.15. The summed E-state index contributed by atoms with van der Waals surface area (Å²) in [5.41, 5.74) is 1.92. The van der Waals surface area contributed by atoms with E-state index in [0.29, 0.717) is 50.1 Å². The standard InChI is InChI=1S/C54H75N3O9/c1-49(2,3)34-19-31(20-35(43(34)61)50(4,5)6)25-40(58)46(64)55-28-56(47(65)41(59)26-32-21-36(51(7,8)9)44(62)37(22-32)52(10,11)12)30-57(29-55)48(66)42(60)27-33-23-38(53(13,14)15)45(63)39(24-33)54(16,17)18/h19-27,58-63H,28-30H2,1-18H3. The van der Waals surface area contributed by atoms with Crippen molar-refractivity contribution in [3.05, 3.63) is 104 Å². The minimum Gasteiger partial charge on any atom is -0.507 e. The molecule has 0 atom stereocenters. The van der Waals surface area contributed by atoms with E-state index in [2.05, 4.69) is 0 Å². The molecule has 0 unspecified atom stereocenters. The Morgan fingerprint density at radius 1 is 0.364 bits per heavy atom. The van der Waals surface area contributed by atoms with Gasteiger partial charge in [0.15, 0.2) is 17.3 Å². The van der Waals surface area contributed by atoms with E-state index >= 15 is 0 Å². The maximum absolute atomic E-state index is 14.3. The van der Waals surface area contributed by atoms with E-state index in [0.717, 1.165) is 14.7 Å². The minimum atomic E-state index is -0.953. The highest BCUT2D eigenvalue weighted by atomic mass is 16.3. The summed E-state index contributed by atoms with van der Waals surface area (Å²) in [7, 11) is 0. The van der Waals surface area contributed by atoms with Crippen molar-refractivity contribution in [3.8, 4) is 17.2 Å². The Balaban J connectivity index is 1.86. The number of rotatable bonds is 6. The molecule has 0 radical (unpaired) electrons. The van der Waals surface area contributed by atoms with E-state index in [4.69, 9.17) is 0 Å². The molecule has 66 heavy (non-hydrogen) atoms. The first-order valence-electron chi connectivity index (χ1n) is 22.5. The third-order valence-electron chi connectivity index (χ3n) is 11.7. The number of aliphatic hydroxyl groups excluding tert-OH is 3. The van der Waals surface area contributed by atoms with Gasteiger partial charge in [-0.2, -0.15) is 0 Å². The highest BCUT2D eigenvalue weighted by molar-refractivity contribution is 6.00. The smallest absolute Gasteiger partial charge is 0.291 e. The third kappa shape index (κ3) is 11.9. The van der Waals surface area contributed by atoms with Crippen LogP contribution in [0.4, 0.5) is 0 Å². The topological polar surface area (TPSA) is 182 Å². The average molecular weight is 910 g/mol. The summed E-state index contributed by atoms with van der Waals surface area (Å²) in [4.78, 5) is 45.9. The molecule has 0 bridgehead atoms. The van der Waals surface area contributed by atoms with Crippen molar-refractivity contribution in [3.63, 3.8) is 0 Å². The lowest BCUT2D eigenvalue weighted by Gasteiger charge is -2.41. The zero-order chi connectivity index (χ0) is 50.6. The lowest BCUT2D eigenvalue weighted by molar-refractivity contribution is -0.156. The summed E-state index contributed by atoms with van der Waals surface area (Å²) in [6.45, 7) is 33.5. The van der Waals surface area contributed by atoms with Crippen LogP contribution in [0, 0.1) is 0 Å². The molecule has 0 saturated carbocycles. The van der Waals surface area contributed by atoms with Gasteiger partial charge in [0, 0.05) is 33.4 Å². The number of nitrogens with zero attached hydrogens (tertiary/aromatic N) is 3. The summed E-state index contributed by atoms with van der Waals surface area (Å²) in [6, 6.07) is 10.2. The van der Waals surface area contributed by atoms with Crippen LogP contribution in [0.2, 0.25) is 0 Å². The van der Waals surface area contributed by atoms with Crippen molar-refractivity contribution in [1.82, 2.24) is 14.7 Å². The molecular formula is C54H75N3O9. The van der Waals surface area contributed by atoms with Gasteiger partial charge in [-0.25, -0.2) is 0 Å². The van der Waals surface area contributed by atoms with Gasteiger partial charge in [0.2, 0.25) is 0 Å². The Labute approximate surface area is 392 Å². The first kappa shape index (κ1) is 52.7. The maximum Gasteiger partial charge on any atom is 0.291 e. The number of amides is 3. The Hall–Kier alpha value is -5.91. The van der Waals surface area contributed by atoms with Gasteiger partial charge in [0.1, 0.15) is 37.3 Å². The Kier molecular flexibility index (Phi) is 14.4. The second-order valence-electron chi connectivity index (χ2n) is 23.9. The summed E-state index contributed by atoms with van der Waals surface area (Å²) in [5, 5.41) is 68.3. The zero-order valence-corrected chi connectivity index (χ0v) is 42.6. The van der Waals surface area contributed by atoms with E-state index < -0.39 is 87.5 Å². The first-order chi connectivity index (χ1) is 29.7. The van der Waals surface area contributed by atoms with Crippen molar-refractivity contribution < 1.29 is 45.0 Å². The molecule has 3 aromatic carbocycles. The van der Waals surface area contributed by atoms with Crippen molar-refractivity contribution >= 4 is 35.9 Å². The first-order valence-corrected chi connectivity index (χ1v) is 22.5. The van der Waals surface area contributed by atoms with E-state index in [1.807, 2.05) is 125 Å². The quantitative estimate of drug-likeness (QED) is 0.104. The molecule has 0 spiro atoms. The van der Waals surface area contributed by atoms with Crippen LogP contribution in [0.5, 0.6) is 17.2 Å². The predicted octanol–water partition coefficient (Wildman–Crippen LogP) is 11.1. The van der Waals surface area contributed by atoms with E-state index in [9.17, 15) is 45.0 Å². The number of benzene rings is 3. The molecule has 3 amide bonds. The lowest BCUT2D eigenvalue weighted by Crippen LogP contribution is -2.60. The largest absolute Gasteiger partial charge is 0.507 e. The van der Waals surface area contributed by atoms with E-state index in [1.165, 1.54) is 18.2 Å². The number of hydrogen-bond acceptors (Lipinski definition) is 9. The van der Waals surface area contributed by atoms with Gasteiger partial charge >= 0.3 is 0 Å². The van der Waals surface area contributed by atoms with Crippen LogP contribution in [-0.2, 0) is 46.9 Å². The highest BCUT2D eigenvalue weighted by Crippen LogP contribution is 2.43. The Morgan fingerprint density at radius 3 is 0.652 bits per heavy atom. The Bertz CT molecular complexity index is 2100. The number of hydrogen-bond donors (Lipinski definition) is 6. The molecule has 1 heterocycles. The van der Waals surface area contributed by atoms with Crippen LogP contribution in [0.1, 0.15) is 175 Å². The SMILES string of the molecule is CC(C)(C)c1cc(C=C(O)C(=O)N2CN(C(=O)C(O)=Cc3cc(C(C)(C)C)c(O)c(C(C)(C)C)c3)CN(C(=O)C(O)=Cc3cc(C(C)(C)C)c(O)c(C(C)(C)C)c3)C2)cc(C(C)(C)C)c1O. The number of phenolic OH excluding ortho intramolecular Hbond substituents is 3. The van der Waals surface area contributed by atoms with Crippen molar-refractivity contribution in [2.45, 2.75) is 157 Å². The summed E-state index contributed by atoms with van der Waals surface area (Å²) in [5.74, 6) is -4.66. The summed E-state index contributed by atoms with van der Waals surface area (Å²) >= 11 is 0. The zero-order valence-electron chi connectivity index (χ0n) is 42.6. The minimum absolute atomic E-state index is 0.117. The lowest BCUT2D eigenvalue weighted by atomic mass is 9.78. The maximum atomic E-state index is 14.3.